The van der Waals surface area contributed by atoms with Crippen molar-refractivity contribution in [3.8, 4) is 0 Å². The molecule has 0 saturated carbocycles. The lowest BCUT2D eigenvalue weighted by Gasteiger charge is -2.34. The van der Waals surface area contributed by atoms with Gasteiger partial charge >= 0.3 is 0 Å². The SMILES string of the molecule is C1=CC2C(\C3=C/C=C\C=C/C=C/CC3)=c3ccccc3=C(c3ccccccccc3)C2C=C1. The minimum atomic E-state index is 0.303. The van der Waals surface area contributed by atoms with Crippen LogP contribution in [0, 0.1) is 11.8 Å². The van der Waals surface area contributed by atoms with Crippen LogP contribution in [0.1, 0.15) is 18.4 Å². The highest BCUT2D eigenvalue weighted by molar-refractivity contribution is 5.80. The quantitative estimate of drug-likeness (QED) is 0.477. The van der Waals surface area contributed by atoms with Crippen LogP contribution in [0.15, 0.2) is 151 Å². The highest BCUT2D eigenvalue weighted by Gasteiger charge is 2.31. The minimum Gasteiger partial charge on any atom is -0.0842 e. The lowest BCUT2D eigenvalue weighted by Crippen LogP contribution is -2.40. The Morgan fingerprint density at radius 3 is 1.79 bits per heavy atom. The average Bonchev–Trinajstić information content (AvgIpc) is 2.89. The van der Waals surface area contributed by atoms with Crippen LogP contribution < -0.4 is 10.4 Å². The highest BCUT2D eigenvalue weighted by Crippen LogP contribution is 2.41. The van der Waals surface area contributed by atoms with Gasteiger partial charge in [0.2, 0.25) is 0 Å². The van der Waals surface area contributed by atoms with Crippen LogP contribution in [-0.2, 0) is 0 Å². The smallest absolute Gasteiger partial charge is 0.0137 e. The molecule has 0 nitrogen and oxygen atoms in total. The van der Waals surface area contributed by atoms with Crippen LogP contribution in [0.5, 0.6) is 0 Å². The topological polar surface area (TPSA) is 0 Å². The Morgan fingerprint density at radius 2 is 1.06 bits per heavy atom. The van der Waals surface area contributed by atoms with Gasteiger partial charge in [-0.1, -0.05) is 146 Å². The van der Waals surface area contributed by atoms with E-state index in [0.717, 1.165) is 12.8 Å². The normalized spacial score (nSPS) is 25.1. The Balaban J connectivity index is 1.83. The number of hydrogen-bond acceptors (Lipinski definition) is 0. The zero-order chi connectivity index (χ0) is 23.0. The van der Waals surface area contributed by atoms with E-state index in [9.17, 15) is 0 Å². The summed E-state index contributed by atoms with van der Waals surface area (Å²) in [7, 11) is 0. The van der Waals surface area contributed by atoms with Crippen LogP contribution in [0.3, 0.4) is 0 Å². The number of fused-ring (bicyclic) bond motifs is 2. The number of allylic oxidation sites excluding steroid dienone is 12. The summed E-state index contributed by atoms with van der Waals surface area (Å²) in [6, 6.07) is 28.2. The van der Waals surface area contributed by atoms with Gasteiger partial charge in [0.15, 0.2) is 0 Å². The fraction of sp³-hybridized carbons (Fsp3) is 0.118. The molecule has 5 rings (SSSR count). The van der Waals surface area contributed by atoms with E-state index in [0.29, 0.717) is 11.8 Å². The first-order valence-electron chi connectivity index (χ1n) is 12.2. The summed E-state index contributed by atoms with van der Waals surface area (Å²) in [6.45, 7) is 0. The lowest BCUT2D eigenvalue weighted by atomic mass is 9.69. The molecule has 2 unspecified atom stereocenters. The van der Waals surface area contributed by atoms with Gasteiger partial charge < -0.3 is 0 Å². The predicted molar refractivity (Wildman–Crippen MR) is 146 cm³/mol. The third kappa shape index (κ3) is 4.72. The van der Waals surface area contributed by atoms with Crippen molar-refractivity contribution < 1.29 is 0 Å². The van der Waals surface area contributed by atoms with Crippen molar-refractivity contribution in [2.45, 2.75) is 12.8 Å². The molecule has 34 heavy (non-hydrogen) atoms. The van der Waals surface area contributed by atoms with Crippen LogP contribution in [0.25, 0.3) is 11.1 Å². The maximum atomic E-state index is 2.40. The van der Waals surface area contributed by atoms with Gasteiger partial charge in [0.05, 0.1) is 0 Å². The first-order valence-corrected chi connectivity index (χ1v) is 12.2. The molecule has 0 N–H and O–H groups in total. The standard InChI is InChI=1S/C34H30/c1-3-7-11-19-27(20-12-8-4-1)33-29-23-15-17-25-31(29)34(32-26-18-16-24-30(32)33)28-21-13-9-5-2-6-10-14-22-28/h1-13,15-21,23-26,29,31H,14,22H2/b3-1?,4-1?,5-2-,7-3?,8-4?,10-6+,11-7?,12-8?,13-9-,19-11?,20-12?,27-19?,27-20?,28-21-. The van der Waals surface area contributed by atoms with Gasteiger partial charge in [0.1, 0.15) is 0 Å². The van der Waals surface area contributed by atoms with Crippen molar-refractivity contribution in [1.82, 2.24) is 0 Å². The third-order valence-corrected chi connectivity index (χ3v) is 6.64. The molecule has 2 aromatic rings. The summed E-state index contributed by atoms with van der Waals surface area (Å²) < 4.78 is 0. The van der Waals surface area contributed by atoms with Crippen molar-refractivity contribution in [3.05, 3.63) is 167 Å². The highest BCUT2D eigenvalue weighted by atomic mass is 14.3. The predicted octanol–water partition coefficient (Wildman–Crippen LogP) is 6.92. The molecular weight excluding hydrogens is 408 g/mol. The zero-order valence-corrected chi connectivity index (χ0v) is 19.4. The molecule has 166 valence electrons. The van der Waals surface area contributed by atoms with Crippen LogP contribution in [0.4, 0.5) is 0 Å². The van der Waals surface area contributed by atoms with Gasteiger partial charge in [-0.2, -0.15) is 0 Å². The maximum absolute atomic E-state index is 2.40. The second kappa shape index (κ2) is 10.8. The van der Waals surface area contributed by atoms with E-state index in [2.05, 4.69) is 146 Å². The molecule has 3 aliphatic rings. The molecule has 2 atom stereocenters. The Kier molecular flexibility index (Phi) is 6.97. The summed E-state index contributed by atoms with van der Waals surface area (Å²) >= 11 is 0. The summed E-state index contributed by atoms with van der Waals surface area (Å²) in [5.74, 6) is 0.624. The Morgan fingerprint density at radius 1 is 0.500 bits per heavy atom. The molecule has 0 radical (unpaired) electrons. The first-order chi connectivity index (χ1) is 16.9. The van der Waals surface area contributed by atoms with Crippen molar-refractivity contribution >= 4 is 11.1 Å². The van der Waals surface area contributed by atoms with Crippen molar-refractivity contribution in [1.29, 1.82) is 0 Å². The molecular formula is C34H30. The molecule has 0 heteroatoms. The summed E-state index contributed by atoms with van der Waals surface area (Å²) in [5, 5.41) is 2.71. The molecule has 0 saturated heterocycles. The fourth-order valence-corrected chi connectivity index (χ4v) is 5.17. The van der Waals surface area contributed by atoms with E-state index in [1.165, 1.54) is 32.7 Å². The third-order valence-electron chi connectivity index (χ3n) is 6.64. The summed E-state index contributed by atoms with van der Waals surface area (Å²) in [4.78, 5) is 0. The van der Waals surface area contributed by atoms with E-state index >= 15 is 0 Å². The second-order valence-electron chi connectivity index (χ2n) is 8.76. The fourth-order valence-electron chi connectivity index (χ4n) is 5.17. The molecule has 0 bridgehead atoms. The number of benzene rings is 1. The van der Waals surface area contributed by atoms with E-state index in [-0.39, 0.29) is 0 Å². The molecule has 0 fully saturated rings. The van der Waals surface area contributed by atoms with E-state index < -0.39 is 0 Å². The maximum Gasteiger partial charge on any atom is 0.0137 e. The van der Waals surface area contributed by atoms with Crippen molar-refractivity contribution in [2.75, 3.05) is 0 Å². The van der Waals surface area contributed by atoms with Crippen molar-refractivity contribution in [2.24, 2.45) is 11.8 Å². The minimum absolute atomic E-state index is 0.303. The Bertz CT molecular complexity index is 1380. The molecule has 0 amide bonds. The zero-order valence-electron chi connectivity index (χ0n) is 19.4. The van der Waals surface area contributed by atoms with Gasteiger partial charge in [-0.3, -0.25) is 0 Å². The monoisotopic (exact) mass is 438 g/mol. The molecule has 2 aromatic carbocycles. The molecule has 0 heterocycles. The lowest BCUT2D eigenvalue weighted by molar-refractivity contribution is 0.680. The van der Waals surface area contributed by atoms with Gasteiger partial charge in [-0.05, 0) is 45.6 Å². The van der Waals surface area contributed by atoms with Gasteiger partial charge in [0.25, 0.3) is 0 Å². The molecule has 0 aliphatic heterocycles. The van der Waals surface area contributed by atoms with Crippen LogP contribution >= 0.6 is 0 Å². The molecule has 3 aliphatic carbocycles. The summed E-state index contributed by atoms with van der Waals surface area (Å²) in [5.41, 5.74) is 5.57. The molecule has 0 aromatic heterocycles. The Labute approximate surface area is 203 Å². The average molecular weight is 439 g/mol. The van der Waals surface area contributed by atoms with Crippen LogP contribution in [-0.4, -0.2) is 0 Å². The van der Waals surface area contributed by atoms with Gasteiger partial charge in [-0.15, -0.1) is 0 Å². The van der Waals surface area contributed by atoms with E-state index in [4.69, 9.17) is 0 Å². The summed E-state index contributed by atoms with van der Waals surface area (Å²) in [6.07, 6.45) is 26.6. The van der Waals surface area contributed by atoms with Gasteiger partial charge in [-0.25, -0.2) is 0 Å². The largest absolute Gasteiger partial charge is 0.0842 e. The second-order valence-corrected chi connectivity index (χ2v) is 8.76. The number of hydrogen-bond donors (Lipinski definition) is 0. The van der Waals surface area contributed by atoms with Crippen molar-refractivity contribution in [3.63, 3.8) is 0 Å². The van der Waals surface area contributed by atoms with Crippen LogP contribution in [0.2, 0.25) is 0 Å². The van der Waals surface area contributed by atoms with Gasteiger partial charge in [0, 0.05) is 11.8 Å². The number of rotatable bonds is 2. The molecule has 0 spiro atoms. The Hall–Kier alpha value is -3.90. The first kappa shape index (κ1) is 21.9. The van der Waals surface area contributed by atoms with E-state index in [1.54, 1.807) is 0 Å². The van der Waals surface area contributed by atoms with E-state index in [1.807, 2.05) is 0 Å².